The van der Waals surface area contributed by atoms with Crippen molar-refractivity contribution in [1.82, 2.24) is 19.9 Å². The zero-order valence-electron chi connectivity index (χ0n) is 22.7. The Hall–Kier alpha value is -4.50. The number of ether oxygens (including phenoxy) is 1. The molecule has 3 heterocycles. The summed E-state index contributed by atoms with van der Waals surface area (Å²) in [7, 11) is 1.61. The largest absolute Gasteiger partial charge is 0.384 e. The lowest BCUT2D eigenvalue weighted by atomic mass is 9.91. The number of aryl methyl sites for hydroxylation is 1. The molecule has 2 atom stereocenters. The number of nitrogens with one attached hydrogen (secondary N) is 2. The van der Waals surface area contributed by atoms with Crippen LogP contribution in [-0.2, 0) is 16.1 Å². The van der Waals surface area contributed by atoms with Gasteiger partial charge in [0.05, 0.1) is 11.9 Å². The molecule has 5 rings (SSSR count). The van der Waals surface area contributed by atoms with E-state index >= 15 is 0 Å². The lowest BCUT2D eigenvalue weighted by molar-refractivity contribution is -0.122. The molecule has 206 valence electrons. The predicted octanol–water partition coefficient (Wildman–Crippen LogP) is 4.11. The molecule has 9 nitrogen and oxygen atoms in total. The quantitative estimate of drug-likeness (QED) is 0.278. The number of benzene rings is 2. The number of nitrogens with two attached hydrogens (primary N) is 1. The molecule has 0 bridgehead atoms. The second-order valence-electron chi connectivity index (χ2n) is 10.0. The Bertz CT molecular complexity index is 1480. The number of hydrogen-bond donors (Lipinski definition) is 3. The maximum Gasteiger partial charge on any atom is 0.293 e. The van der Waals surface area contributed by atoms with E-state index in [-0.39, 0.29) is 41.8 Å². The Kier molecular flexibility index (Phi) is 8.21. The number of nitrogen functional groups attached to an aromatic ring is 1. The topological polar surface area (TPSA) is 124 Å². The molecule has 0 unspecified atom stereocenters. The van der Waals surface area contributed by atoms with E-state index in [9.17, 15) is 9.59 Å². The second-order valence-corrected chi connectivity index (χ2v) is 10.0. The van der Waals surface area contributed by atoms with Crippen molar-refractivity contribution in [3.05, 3.63) is 117 Å². The van der Waals surface area contributed by atoms with E-state index in [4.69, 9.17) is 10.5 Å². The number of hydrogen-bond acceptors (Lipinski definition) is 7. The zero-order valence-corrected chi connectivity index (χ0v) is 22.7. The Morgan fingerprint density at radius 1 is 1.07 bits per heavy atom. The fourth-order valence-corrected chi connectivity index (χ4v) is 5.35. The molecule has 2 aromatic carbocycles. The summed E-state index contributed by atoms with van der Waals surface area (Å²) in [6.07, 6.45) is 2.04. The fourth-order valence-electron chi connectivity index (χ4n) is 5.35. The van der Waals surface area contributed by atoms with Crippen LogP contribution < -0.4 is 21.9 Å². The summed E-state index contributed by atoms with van der Waals surface area (Å²) in [5, 5.41) is 6.25. The lowest BCUT2D eigenvalue weighted by Crippen LogP contribution is -2.32. The number of nitrogens with zero attached hydrogens (tertiary/aromatic N) is 3. The third-order valence-corrected chi connectivity index (χ3v) is 7.48. The average molecular weight is 539 g/mol. The lowest BCUT2D eigenvalue weighted by Gasteiger charge is -2.20. The van der Waals surface area contributed by atoms with Gasteiger partial charge in [-0.25, -0.2) is 9.97 Å². The Morgan fingerprint density at radius 3 is 2.38 bits per heavy atom. The van der Waals surface area contributed by atoms with Gasteiger partial charge < -0.3 is 25.7 Å². The maximum absolute atomic E-state index is 13.7. The molecule has 1 aliphatic heterocycles. The summed E-state index contributed by atoms with van der Waals surface area (Å²) in [6.45, 7) is 2.68. The van der Waals surface area contributed by atoms with Gasteiger partial charge in [-0.15, -0.1) is 0 Å². The van der Waals surface area contributed by atoms with Crippen LogP contribution in [0.4, 0.5) is 11.6 Å². The van der Waals surface area contributed by atoms with Crippen LogP contribution in [0.5, 0.6) is 0 Å². The molecule has 4 N–H and O–H groups in total. The minimum Gasteiger partial charge on any atom is -0.384 e. The number of anilines is 2. The van der Waals surface area contributed by atoms with Crippen molar-refractivity contribution in [3.63, 3.8) is 0 Å². The van der Waals surface area contributed by atoms with Crippen molar-refractivity contribution < 1.29 is 9.53 Å². The van der Waals surface area contributed by atoms with Crippen LogP contribution in [0, 0.1) is 6.92 Å². The number of fused-ring (bicyclic) bond motifs is 1. The van der Waals surface area contributed by atoms with Crippen molar-refractivity contribution in [1.29, 1.82) is 0 Å². The first-order chi connectivity index (χ1) is 19.4. The predicted molar refractivity (Wildman–Crippen MR) is 155 cm³/mol. The molecule has 40 heavy (non-hydrogen) atoms. The van der Waals surface area contributed by atoms with Crippen LogP contribution in [0.15, 0.2) is 83.8 Å². The Morgan fingerprint density at radius 2 is 1.75 bits per heavy atom. The summed E-state index contributed by atoms with van der Waals surface area (Å²) in [5.41, 5.74) is 10.1. The first-order valence-corrected chi connectivity index (χ1v) is 13.4. The van der Waals surface area contributed by atoms with Crippen LogP contribution in [0.3, 0.4) is 0 Å². The summed E-state index contributed by atoms with van der Waals surface area (Å²) < 4.78 is 7.31. The monoisotopic (exact) mass is 538 g/mol. The van der Waals surface area contributed by atoms with Crippen molar-refractivity contribution in [2.75, 3.05) is 24.7 Å². The van der Waals surface area contributed by atoms with Crippen LogP contribution in [0.1, 0.15) is 59.0 Å². The molecule has 0 saturated carbocycles. The highest BCUT2D eigenvalue weighted by molar-refractivity contribution is 5.76. The molecule has 0 spiro atoms. The van der Waals surface area contributed by atoms with Gasteiger partial charge in [-0.1, -0.05) is 66.7 Å². The number of carbonyl (C=O) groups excluding carboxylic acids is 1. The van der Waals surface area contributed by atoms with E-state index in [0.29, 0.717) is 31.0 Å². The normalized spacial score (nSPS) is 16.1. The van der Waals surface area contributed by atoms with E-state index < -0.39 is 0 Å². The Labute approximate surface area is 233 Å². The van der Waals surface area contributed by atoms with Gasteiger partial charge in [0, 0.05) is 50.7 Å². The highest BCUT2D eigenvalue weighted by Gasteiger charge is 2.34. The molecule has 0 radical (unpaired) electrons. The van der Waals surface area contributed by atoms with Crippen LogP contribution >= 0.6 is 0 Å². The van der Waals surface area contributed by atoms with Crippen molar-refractivity contribution >= 4 is 17.5 Å². The number of amides is 1. The number of rotatable bonds is 10. The number of aromatic nitrogens is 3. The SMILES string of the molecule is CO[C@@H]1C[C@@H](CC(=O)NCc2ccc(N)nc2C)n2c1cnc(NCC(c1ccccc1)c1ccccc1)c2=O. The molecule has 1 aliphatic rings. The molecule has 2 aromatic heterocycles. The first kappa shape index (κ1) is 27.1. The molecule has 4 aromatic rings. The third kappa shape index (κ3) is 5.89. The van der Waals surface area contributed by atoms with Gasteiger partial charge in [-0.2, -0.15) is 0 Å². The van der Waals surface area contributed by atoms with Crippen molar-refractivity contribution in [3.8, 4) is 0 Å². The zero-order chi connectivity index (χ0) is 28.1. The second kappa shape index (κ2) is 12.1. The van der Waals surface area contributed by atoms with Gasteiger partial charge in [-0.05, 0) is 29.7 Å². The summed E-state index contributed by atoms with van der Waals surface area (Å²) in [5.74, 6) is 0.570. The van der Waals surface area contributed by atoms with E-state index in [1.54, 1.807) is 23.9 Å². The van der Waals surface area contributed by atoms with Crippen molar-refractivity contribution in [2.45, 2.75) is 44.4 Å². The standard InChI is InChI=1S/C31H34N6O3/c1-20-23(13-14-28(32)36-20)17-33-29(38)16-24-15-27(40-2)26-19-35-30(31(39)37(24)26)34-18-25(21-9-5-3-6-10-21)22-11-7-4-8-12-22/h3-14,19,24-25,27H,15-18H2,1-2H3,(H2,32,36)(H,33,38)(H,34,35)/t24-,27+/m0/s1. The molecule has 0 aliphatic carbocycles. The molecule has 0 fully saturated rings. The van der Waals surface area contributed by atoms with Gasteiger partial charge in [0.15, 0.2) is 5.82 Å². The van der Waals surface area contributed by atoms with Gasteiger partial charge in [0.25, 0.3) is 5.56 Å². The third-order valence-electron chi connectivity index (χ3n) is 7.48. The van der Waals surface area contributed by atoms with E-state index in [2.05, 4.69) is 44.9 Å². The smallest absolute Gasteiger partial charge is 0.293 e. The molecular formula is C31H34N6O3. The highest BCUT2D eigenvalue weighted by atomic mass is 16.5. The first-order valence-electron chi connectivity index (χ1n) is 13.4. The fraction of sp³-hybridized carbons (Fsp3) is 0.290. The van der Waals surface area contributed by atoms with Gasteiger partial charge in [0.1, 0.15) is 11.9 Å². The van der Waals surface area contributed by atoms with Crippen LogP contribution in [0.2, 0.25) is 0 Å². The van der Waals surface area contributed by atoms with E-state index in [1.165, 1.54) is 0 Å². The summed E-state index contributed by atoms with van der Waals surface area (Å²) >= 11 is 0. The van der Waals surface area contributed by atoms with Gasteiger partial charge in [-0.3, -0.25) is 9.59 Å². The van der Waals surface area contributed by atoms with Crippen LogP contribution in [0.25, 0.3) is 0 Å². The minimum absolute atomic E-state index is 0.0291. The summed E-state index contributed by atoms with van der Waals surface area (Å²) in [6, 6.07) is 23.6. The Balaban J connectivity index is 1.33. The number of pyridine rings is 1. The van der Waals surface area contributed by atoms with Gasteiger partial charge in [0.2, 0.25) is 5.91 Å². The number of carbonyl (C=O) groups is 1. The minimum atomic E-state index is -0.347. The number of methoxy groups -OCH3 is 1. The average Bonchev–Trinajstić information content (AvgIpc) is 3.32. The molecule has 0 saturated heterocycles. The molecular weight excluding hydrogens is 504 g/mol. The summed E-state index contributed by atoms with van der Waals surface area (Å²) in [4.78, 5) is 35.3. The van der Waals surface area contributed by atoms with E-state index in [0.717, 1.165) is 22.4 Å². The van der Waals surface area contributed by atoms with Gasteiger partial charge >= 0.3 is 0 Å². The van der Waals surface area contributed by atoms with Crippen LogP contribution in [-0.4, -0.2) is 34.1 Å². The maximum atomic E-state index is 13.7. The van der Waals surface area contributed by atoms with Crippen molar-refractivity contribution in [2.24, 2.45) is 0 Å². The highest BCUT2D eigenvalue weighted by Crippen LogP contribution is 2.37. The molecule has 9 heteroatoms. The molecule has 1 amide bonds. The van der Waals surface area contributed by atoms with E-state index in [1.807, 2.05) is 49.4 Å².